The van der Waals surface area contributed by atoms with Crippen molar-refractivity contribution in [3.05, 3.63) is 81.6 Å². The van der Waals surface area contributed by atoms with Gasteiger partial charge < -0.3 is 4.57 Å². The summed E-state index contributed by atoms with van der Waals surface area (Å²) in [5, 5.41) is 13.5. The molecule has 7 heteroatoms. The summed E-state index contributed by atoms with van der Waals surface area (Å²) < 4.78 is 2.05. The van der Waals surface area contributed by atoms with Crippen LogP contribution in [-0.4, -0.2) is 19.7 Å². The molecule has 2 aromatic carbocycles. The summed E-state index contributed by atoms with van der Waals surface area (Å²) in [5.74, 6) is 1.71. The van der Waals surface area contributed by atoms with Gasteiger partial charge in [0, 0.05) is 35.2 Å². The number of hydrogen-bond donors (Lipinski definition) is 0. The van der Waals surface area contributed by atoms with Crippen molar-refractivity contribution in [1.82, 2.24) is 19.7 Å². The molecule has 0 unspecified atom stereocenters. The van der Waals surface area contributed by atoms with E-state index in [9.17, 15) is 0 Å². The highest BCUT2D eigenvalue weighted by atomic mass is 35.5. The normalized spacial score (nSPS) is 11.1. The van der Waals surface area contributed by atoms with Crippen molar-refractivity contribution >= 4 is 34.7 Å². The first-order valence-corrected chi connectivity index (χ1v) is 11.1. The molecule has 0 spiro atoms. The van der Waals surface area contributed by atoms with Gasteiger partial charge >= 0.3 is 0 Å². The van der Waals surface area contributed by atoms with Gasteiger partial charge in [0.1, 0.15) is 10.8 Å². The molecular formula is C21H19ClN4S2. The van der Waals surface area contributed by atoms with E-state index in [-0.39, 0.29) is 0 Å². The molecule has 0 saturated carbocycles. The second-order valence-corrected chi connectivity index (χ2v) is 8.80. The van der Waals surface area contributed by atoms with E-state index in [1.807, 2.05) is 35.9 Å². The van der Waals surface area contributed by atoms with Crippen LogP contribution in [0.4, 0.5) is 0 Å². The molecule has 4 aromatic rings. The van der Waals surface area contributed by atoms with E-state index in [4.69, 9.17) is 16.6 Å². The van der Waals surface area contributed by atoms with Crippen molar-refractivity contribution in [2.75, 3.05) is 0 Å². The van der Waals surface area contributed by atoms with Crippen molar-refractivity contribution in [1.29, 1.82) is 0 Å². The number of nitrogens with zero attached hydrogens (tertiary/aromatic N) is 4. The van der Waals surface area contributed by atoms with Crippen LogP contribution >= 0.6 is 34.7 Å². The highest BCUT2D eigenvalue weighted by Gasteiger charge is 2.12. The van der Waals surface area contributed by atoms with Crippen molar-refractivity contribution in [2.45, 2.75) is 24.3 Å². The first kappa shape index (κ1) is 19.2. The third-order valence-corrected chi connectivity index (χ3v) is 6.61. The Balaban J connectivity index is 1.42. The molecule has 0 aliphatic carbocycles. The molecular weight excluding hydrogens is 408 g/mol. The van der Waals surface area contributed by atoms with E-state index in [1.54, 1.807) is 23.1 Å². The number of thiazole rings is 1. The van der Waals surface area contributed by atoms with Crippen LogP contribution in [0.25, 0.3) is 10.6 Å². The zero-order valence-electron chi connectivity index (χ0n) is 15.6. The smallest absolute Gasteiger partial charge is 0.191 e. The molecule has 4 rings (SSSR count). The van der Waals surface area contributed by atoms with Crippen LogP contribution in [-0.2, 0) is 19.2 Å². The Labute approximate surface area is 177 Å². The lowest BCUT2D eigenvalue weighted by molar-refractivity contribution is 0.748. The van der Waals surface area contributed by atoms with E-state index >= 15 is 0 Å². The standard InChI is InChI=1S/C21H19ClN4S2/c1-14-4-3-5-16(10-14)20-23-18(12-27-20)13-28-21-25-24-19(26(21)2)11-15-6-8-17(22)9-7-15/h3-10,12H,11,13H2,1-2H3. The minimum Gasteiger partial charge on any atom is -0.309 e. The summed E-state index contributed by atoms with van der Waals surface area (Å²) in [7, 11) is 2.01. The summed E-state index contributed by atoms with van der Waals surface area (Å²) in [5.41, 5.74) is 4.65. The number of aromatic nitrogens is 4. The Hall–Kier alpha value is -2.15. The SMILES string of the molecule is Cc1cccc(-c2nc(CSc3nnc(Cc4ccc(Cl)cc4)n3C)cs2)c1. The fraction of sp³-hybridized carbons (Fsp3) is 0.190. The van der Waals surface area contributed by atoms with E-state index < -0.39 is 0 Å². The van der Waals surface area contributed by atoms with E-state index in [0.29, 0.717) is 0 Å². The van der Waals surface area contributed by atoms with Gasteiger partial charge in [0.2, 0.25) is 0 Å². The van der Waals surface area contributed by atoms with E-state index in [1.165, 1.54) is 16.7 Å². The average Bonchev–Trinajstić information content (AvgIpc) is 3.30. The monoisotopic (exact) mass is 426 g/mol. The minimum atomic E-state index is 0.732. The Morgan fingerprint density at radius 3 is 2.71 bits per heavy atom. The zero-order valence-corrected chi connectivity index (χ0v) is 18.0. The molecule has 0 bridgehead atoms. The van der Waals surface area contributed by atoms with Crippen LogP contribution in [0.15, 0.2) is 59.1 Å². The Morgan fingerprint density at radius 1 is 1.11 bits per heavy atom. The summed E-state index contributed by atoms with van der Waals surface area (Å²) in [4.78, 5) is 4.78. The maximum absolute atomic E-state index is 5.96. The predicted octanol–water partition coefficient (Wildman–Crippen LogP) is 5.78. The zero-order chi connectivity index (χ0) is 19.5. The molecule has 4 nitrogen and oxygen atoms in total. The van der Waals surface area contributed by atoms with Crippen LogP contribution in [0, 0.1) is 6.92 Å². The quantitative estimate of drug-likeness (QED) is 0.366. The summed E-state index contributed by atoms with van der Waals surface area (Å²) in [6.07, 6.45) is 0.732. The predicted molar refractivity (Wildman–Crippen MR) is 117 cm³/mol. The summed E-state index contributed by atoms with van der Waals surface area (Å²) in [6, 6.07) is 16.3. The maximum atomic E-state index is 5.96. The van der Waals surface area contributed by atoms with E-state index in [2.05, 4.69) is 46.8 Å². The van der Waals surface area contributed by atoms with Crippen molar-refractivity contribution in [3.63, 3.8) is 0 Å². The molecule has 0 N–H and O–H groups in total. The van der Waals surface area contributed by atoms with Gasteiger partial charge in [0.25, 0.3) is 0 Å². The molecule has 0 atom stereocenters. The fourth-order valence-corrected chi connectivity index (χ4v) is 4.70. The first-order chi connectivity index (χ1) is 13.6. The number of benzene rings is 2. The van der Waals surface area contributed by atoms with Gasteiger partial charge in [-0.3, -0.25) is 0 Å². The summed E-state index contributed by atoms with van der Waals surface area (Å²) >= 11 is 9.30. The third kappa shape index (κ3) is 4.46. The molecule has 2 heterocycles. The Bertz CT molecular complexity index is 1090. The fourth-order valence-electron chi connectivity index (χ4n) is 2.83. The van der Waals surface area contributed by atoms with Crippen molar-refractivity contribution < 1.29 is 0 Å². The number of halogens is 1. The lowest BCUT2D eigenvalue weighted by atomic mass is 10.1. The molecule has 28 heavy (non-hydrogen) atoms. The van der Waals surface area contributed by atoms with Gasteiger partial charge in [-0.1, -0.05) is 59.3 Å². The molecule has 0 amide bonds. The third-order valence-electron chi connectivity index (χ3n) is 4.37. The summed E-state index contributed by atoms with van der Waals surface area (Å²) in [6.45, 7) is 2.10. The van der Waals surface area contributed by atoms with Gasteiger partial charge in [-0.2, -0.15) is 0 Å². The second kappa shape index (κ2) is 8.47. The van der Waals surface area contributed by atoms with Gasteiger partial charge in [0.05, 0.1) is 5.69 Å². The van der Waals surface area contributed by atoms with Crippen molar-refractivity contribution in [2.24, 2.45) is 7.05 Å². The first-order valence-electron chi connectivity index (χ1n) is 8.85. The second-order valence-electron chi connectivity index (χ2n) is 6.56. The lowest BCUT2D eigenvalue weighted by Crippen LogP contribution is -2.00. The molecule has 0 fully saturated rings. The lowest BCUT2D eigenvalue weighted by Gasteiger charge is -2.04. The molecule has 142 valence electrons. The molecule has 0 aliphatic heterocycles. The van der Waals surface area contributed by atoms with Crippen LogP contribution in [0.3, 0.4) is 0 Å². The van der Waals surface area contributed by atoms with Crippen LogP contribution in [0.5, 0.6) is 0 Å². The topological polar surface area (TPSA) is 43.6 Å². The van der Waals surface area contributed by atoms with Gasteiger partial charge in [-0.25, -0.2) is 4.98 Å². The molecule has 2 aromatic heterocycles. The van der Waals surface area contributed by atoms with Gasteiger partial charge in [0.15, 0.2) is 5.16 Å². The highest BCUT2D eigenvalue weighted by Crippen LogP contribution is 2.28. The Morgan fingerprint density at radius 2 is 1.93 bits per heavy atom. The molecule has 0 radical (unpaired) electrons. The Kier molecular flexibility index (Phi) is 5.80. The molecule has 0 saturated heterocycles. The van der Waals surface area contributed by atoms with Crippen LogP contribution in [0.1, 0.15) is 22.6 Å². The minimum absolute atomic E-state index is 0.732. The number of aryl methyl sites for hydroxylation is 1. The largest absolute Gasteiger partial charge is 0.309 e. The van der Waals surface area contributed by atoms with Crippen molar-refractivity contribution in [3.8, 4) is 10.6 Å². The van der Waals surface area contributed by atoms with E-state index in [0.717, 1.165) is 38.9 Å². The van der Waals surface area contributed by atoms with Gasteiger partial charge in [-0.15, -0.1) is 21.5 Å². The molecule has 0 aliphatic rings. The van der Waals surface area contributed by atoms with Crippen LogP contribution in [0.2, 0.25) is 5.02 Å². The number of rotatable bonds is 6. The van der Waals surface area contributed by atoms with Crippen LogP contribution < -0.4 is 0 Å². The highest BCUT2D eigenvalue weighted by molar-refractivity contribution is 7.98. The van der Waals surface area contributed by atoms with Gasteiger partial charge in [-0.05, 0) is 30.7 Å². The average molecular weight is 427 g/mol. The maximum Gasteiger partial charge on any atom is 0.191 e. The number of thioether (sulfide) groups is 1. The number of hydrogen-bond acceptors (Lipinski definition) is 5.